The summed E-state index contributed by atoms with van der Waals surface area (Å²) in [6.45, 7) is 4.00. The van der Waals surface area contributed by atoms with Gasteiger partial charge in [0.2, 0.25) is 0 Å². The first kappa shape index (κ1) is 10.6. The van der Waals surface area contributed by atoms with Crippen LogP contribution in [0.5, 0.6) is 0 Å². The minimum absolute atomic E-state index is 1.02. The van der Waals surface area contributed by atoms with Crippen molar-refractivity contribution >= 4 is 16.7 Å². The summed E-state index contributed by atoms with van der Waals surface area (Å²) in [5.41, 5.74) is 2.14. The number of fused-ring (bicyclic) bond motifs is 1. The molecule has 2 aromatic heterocycles. The molecular weight excluding hydrogens is 174 g/mol. The molecule has 0 spiro atoms. The van der Waals surface area contributed by atoms with Crippen LogP contribution in [0.2, 0.25) is 0 Å². The highest BCUT2D eigenvalue weighted by Gasteiger charge is 2.01. The van der Waals surface area contributed by atoms with Gasteiger partial charge >= 0.3 is 0 Å². The van der Waals surface area contributed by atoms with Gasteiger partial charge in [0.05, 0.1) is 0 Å². The van der Waals surface area contributed by atoms with Crippen LogP contribution in [0.25, 0.3) is 11.0 Å². The van der Waals surface area contributed by atoms with Gasteiger partial charge in [0.15, 0.2) is 0 Å². The lowest BCUT2D eigenvalue weighted by Crippen LogP contribution is -1.91. The number of hydrogen-bond donors (Lipinski definition) is 1. The predicted molar refractivity (Wildman–Crippen MR) is 61.6 cm³/mol. The molecule has 3 heteroatoms. The number of nitrogens with zero attached hydrogens (tertiary/aromatic N) is 2. The molecule has 0 atom stereocenters. The van der Waals surface area contributed by atoms with E-state index in [2.05, 4.69) is 16.4 Å². The van der Waals surface area contributed by atoms with E-state index in [4.69, 9.17) is 0 Å². The lowest BCUT2D eigenvalue weighted by atomic mass is 10.3. The van der Waals surface area contributed by atoms with Crippen molar-refractivity contribution in [2.24, 2.45) is 7.05 Å². The van der Waals surface area contributed by atoms with Crippen molar-refractivity contribution in [3.05, 3.63) is 24.5 Å². The zero-order chi connectivity index (χ0) is 10.6. The van der Waals surface area contributed by atoms with E-state index in [0.717, 1.165) is 11.3 Å². The monoisotopic (exact) mass is 191 g/mol. The molecule has 0 amide bonds. The number of rotatable bonds is 1. The zero-order valence-corrected chi connectivity index (χ0v) is 9.20. The molecule has 2 aromatic rings. The Morgan fingerprint density at radius 3 is 2.64 bits per heavy atom. The smallest absolute Gasteiger partial charge is 0.141 e. The van der Waals surface area contributed by atoms with Crippen molar-refractivity contribution < 1.29 is 0 Å². The fourth-order valence-corrected chi connectivity index (χ4v) is 1.38. The molecule has 0 aromatic carbocycles. The molecule has 0 aliphatic carbocycles. The third-order valence-corrected chi connectivity index (χ3v) is 2.04. The highest BCUT2D eigenvalue weighted by atomic mass is 15.0. The largest absolute Gasteiger partial charge is 0.387 e. The van der Waals surface area contributed by atoms with E-state index in [1.54, 1.807) is 0 Å². The molecule has 0 fully saturated rings. The van der Waals surface area contributed by atoms with E-state index in [9.17, 15) is 0 Å². The van der Waals surface area contributed by atoms with Gasteiger partial charge in [0.25, 0.3) is 0 Å². The molecule has 2 heterocycles. The molecule has 14 heavy (non-hydrogen) atoms. The van der Waals surface area contributed by atoms with Crippen LogP contribution in [-0.2, 0) is 7.05 Å². The van der Waals surface area contributed by atoms with E-state index < -0.39 is 0 Å². The lowest BCUT2D eigenvalue weighted by Gasteiger charge is -2.01. The van der Waals surface area contributed by atoms with Crippen molar-refractivity contribution in [3.63, 3.8) is 0 Å². The normalized spacial score (nSPS) is 9.43. The van der Waals surface area contributed by atoms with Crippen LogP contribution in [0.3, 0.4) is 0 Å². The fraction of sp³-hybridized carbons (Fsp3) is 0.364. The molecule has 0 bridgehead atoms. The molecule has 0 radical (unpaired) electrons. The second kappa shape index (κ2) is 4.65. The van der Waals surface area contributed by atoms with E-state index >= 15 is 0 Å². The average molecular weight is 191 g/mol. The SMILES string of the molecule is CC.CNc1ccnc2c1ccn2C. The summed E-state index contributed by atoms with van der Waals surface area (Å²) in [5, 5.41) is 4.30. The summed E-state index contributed by atoms with van der Waals surface area (Å²) in [6.07, 6.45) is 3.83. The van der Waals surface area contributed by atoms with Gasteiger partial charge in [-0.2, -0.15) is 0 Å². The van der Waals surface area contributed by atoms with Gasteiger partial charge in [-0.05, 0) is 12.1 Å². The van der Waals surface area contributed by atoms with Gasteiger partial charge in [-0.25, -0.2) is 4.98 Å². The van der Waals surface area contributed by atoms with Crippen LogP contribution in [-0.4, -0.2) is 16.6 Å². The Balaban J connectivity index is 0.000000461. The number of aromatic nitrogens is 2. The van der Waals surface area contributed by atoms with Crippen LogP contribution >= 0.6 is 0 Å². The maximum atomic E-state index is 4.27. The number of anilines is 1. The zero-order valence-electron chi connectivity index (χ0n) is 9.20. The molecule has 76 valence electrons. The van der Waals surface area contributed by atoms with E-state index in [-0.39, 0.29) is 0 Å². The Morgan fingerprint density at radius 1 is 1.29 bits per heavy atom. The van der Waals surface area contributed by atoms with Crippen LogP contribution in [0.1, 0.15) is 13.8 Å². The van der Waals surface area contributed by atoms with Gasteiger partial charge in [-0.15, -0.1) is 0 Å². The first-order valence-corrected chi connectivity index (χ1v) is 4.90. The van der Waals surface area contributed by atoms with E-state index in [0.29, 0.717) is 0 Å². The average Bonchev–Trinajstić information content (AvgIpc) is 2.64. The van der Waals surface area contributed by atoms with Crippen LogP contribution in [0, 0.1) is 0 Å². The summed E-state index contributed by atoms with van der Waals surface area (Å²) < 4.78 is 2.01. The summed E-state index contributed by atoms with van der Waals surface area (Å²) in [7, 11) is 3.91. The third kappa shape index (κ3) is 1.71. The van der Waals surface area contributed by atoms with Crippen molar-refractivity contribution in [3.8, 4) is 0 Å². The quantitative estimate of drug-likeness (QED) is 0.751. The van der Waals surface area contributed by atoms with Gasteiger partial charge in [-0.1, -0.05) is 13.8 Å². The highest BCUT2D eigenvalue weighted by molar-refractivity contribution is 5.89. The molecule has 2 rings (SSSR count). The van der Waals surface area contributed by atoms with Crippen molar-refractivity contribution in [1.82, 2.24) is 9.55 Å². The second-order valence-electron chi connectivity index (χ2n) is 2.77. The maximum Gasteiger partial charge on any atom is 0.141 e. The van der Waals surface area contributed by atoms with Crippen LogP contribution in [0.15, 0.2) is 24.5 Å². The number of hydrogen-bond acceptors (Lipinski definition) is 2. The molecule has 0 saturated heterocycles. The van der Waals surface area contributed by atoms with Gasteiger partial charge in [-0.3, -0.25) is 0 Å². The molecule has 0 aliphatic rings. The molecule has 0 unspecified atom stereocenters. The fourth-order valence-electron chi connectivity index (χ4n) is 1.38. The Hall–Kier alpha value is -1.51. The second-order valence-corrected chi connectivity index (χ2v) is 2.77. The molecular formula is C11H17N3. The Kier molecular flexibility index (Phi) is 3.51. The molecule has 0 saturated carbocycles. The van der Waals surface area contributed by atoms with Crippen molar-refractivity contribution in [2.45, 2.75) is 13.8 Å². The Labute approximate surface area is 84.8 Å². The Morgan fingerprint density at radius 2 is 2.00 bits per heavy atom. The van der Waals surface area contributed by atoms with Crippen LogP contribution in [0.4, 0.5) is 5.69 Å². The highest BCUT2D eigenvalue weighted by Crippen LogP contribution is 2.20. The predicted octanol–water partition coefficient (Wildman–Crippen LogP) is 2.64. The van der Waals surface area contributed by atoms with Crippen LogP contribution < -0.4 is 5.32 Å². The summed E-state index contributed by atoms with van der Waals surface area (Å²) in [4.78, 5) is 4.27. The topological polar surface area (TPSA) is 29.9 Å². The summed E-state index contributed by atoms with van der Waals surface area (Å²) >= 11 is 0. The first-order chi connectivity index (χ1) is 6.83. The number of pyridine rings is 1. The number of aryl methyl sites for hydroxylation is 1. The number of nitrogens with one attached hydrogen (secondary N) is 1. The first-order valence-electron chi connectivity index (χ1n) is 4.90. The summed E-state index contributed by atoms with van der Waals surface area (Å²) in [5.74, 6) is 0. The molecule has 0 aliphatic heterocycles. The molecule has 1 N–H and O–H groups in total. The van der Waals surface area contributed by atoms with E-state index in [1.165, 1.54) is 5.39 Å². The van der Waals surface area contributed by atoms with Gasteiger partial charge in [0, 0.05) is 37.6 Å². The third-order valence-electron chi connectivity index (χ3n) is 2.04. The van der Waals surface area contributed by atoms with Gasteiger partial charge < -0.3 is 9.88 Å². The lowest BCUT2D eigenvalue weighted by molar-refractivity contribution is 0.948. The molecule has 3 nitrogen and oxygen atoms in total. The summed E-state index contributed by atoms with van der Waals surface area (Å²) in [6, 6.07) is 4.04. The van der Waals surface area contributed by atoms with Crippen molar-refractivity contribution in [1.29, 1.82) is 0 Å². The standard InChI is InChI=1S/C9H11N3.C2H6/c1-10-8-3-5-11-9-7(8)4-6-12(9)2;1-2/h3-6H,1-2H3,(H,10,11);1-2H3. The van der Waals surface area contributed by atoms with Crippen molar-refractivity contribution in [2.75, 3.05) is 12.4 Å². The Bertz CT molecular complexity index is 404. The maximum absolute atomic E-state index is 4.27. The van der Waals surface area contributed by atoms with E-state index in [1.807, 2.05) is 51.0 Å². The minimum Gasteiger partial charge on any atom is -0.387 e. The minimum atomic E-state index is 1.02. The van der Waals surface area contributed by atoms with Gasteiger partial charge in [0.1, 0.15) is 5.65 Å².